The second-order valence-electron chi connectivity index (χ2n) is 2.04. The first-order valence-corrected chi connectivity index (χ1v) is 4.02. The van der Waals surface area contributed by atoms with Crippen molar-refractivity contribution in [3.05, 3.63) is 17.1 Å². The fraction of sp³-hybridized carbons (Fsp3) is 0.500. The maximum absolute atomic E-state index is 5.30. The number of rotatable bonds is 3. The molecule has 1 atom stereocenters. The van der Waals surface area contributed by atoms with Crippen molar-refractivity contribution in [2.24, 2.45) is 5.84 Å². The lowest BCUT2D eigenvalue weighted by molar-refractivity contribution is 0.547. The molecule has 1 rings (SSSR count). The van der Waals surface area contributed by atoms with E-state index in [2.05, 4.69) is 16.7 Å². The monoisotopic (exact) mass is 157 g/mol. The first kappa shape index (κ1) is 7.65. The highest BCUT2D eigenvalue weighted by molar-refractivity contribution is 7.05. The SMILES string of the molecule is CCC(NN)c1ccns1. The molecule has 0 radical (unpaired) electrons. The molecule has 0 spiro atoms. The van der Waals surface area contributed by atoms with Gasteiger partial charge in [-0.15, -0.1) is 0 Å². The summed E-state index contributed by atoms with van der Waals surface area (Å²) in [5.41, 5.74) is 2.72. The molecule has 1 heterocycles. The molecule has 4 heteroatoms. The summed E-state index contributed by atoms with van der Waals surface area (Å²) >= 11 is 1.49. The van der Waals surface area contributed by atoms with Crippen molar-refractivity contribution in [1.29, 1.82) is 0 Å². The van der Waals surface area contributed by atoms with Crippen LogP contribution in [-0.2, 0) is 0 Å². The largest absolute Gasteiger partial charge is 0.271 e. The Bertz CT molecular complexity index is 169. The molecule has 1 unspecified atom stereocenters. The zero-order valence-corrected chi connectivity index (χ0v) is 6.69. The molecule has 0 saturated heterocycles. The topological polar surface area (TPSA) is 50.9 Å². The first-order valence-electron chi connectivity index (χ1n) is 3.25. The zero-order chi connectivity index (χ0) is 7.40. The fourth-order valence-corrected chi connectivity index (χ4v) is 1.53. The van der Waals surface area contributed by atoms with Gasteiger partial charge in [0.05, 0.1) is 6.04 Å². The van der Waals surface area contributed by atoms with E-state index in [0.29, 0.717) is 0 Å². The molecule has 0 aliphatic carbocycles. The molecule has 0 aliphatic heterocycles. The van der Waals surface area contributed by atoms with E-state index in [1.165, 1.54) is 16.4 Å². The number of nitrogens with one attached hydrogen (secondary N) is 1. The van der Waals surface area contributed by atoms with Gasteiger partial charge in [0, 0.05) is 11.1 Å². The van der Waals surface area contributed by atoms with E-state index in [-0.39, 0.29) is 6.04 Å². The number of hydrogen-bond donors (Lipinski definition) is 2. The maximum atomic E-state index is 5.30. The minimum Gasteiger partial charge on any atom is -0.271 e. The lowest BCUT2D eigenvalue weighted by Crippen LogP contribution is -2.26. The Labute approximate surface area is 64.4 Å². The number of hydrogen-bond acceptors (Lipinski definition) is 4. The Morgan fingerprint density at radius 1 is 1.90 bits per heavy atom. The summed E-state index contributed by atoms with van der Waals surface area (Å²) in [5.74, 6) is 5.30. The van der Waals surface area contributed by atoms with Gasteiger partial charge in [-0.2, -0.15) is 0 Å². The van der Waals surface area contributed by atoms with Crippen LogP contribution in [0.25, 0.3) is 0 Å². The smallest absolute Gasteiger partial charge is 0.0566 e. The summed E-state index contributed by atoms with van der Waals surface area (Å²) in [6, 6.07) is 2.26. The van der Waals surface area contributed by atoms with Crippen LogP contribution in [0.2, 0.25) is 0 Å². The molecule has 0 amide bonds. The van der Waals surface area contributed by atoms with Crippen molar-refractivity contribution in [2.45, 2.75) is 19.4 Å². The first-order chi connectivity index (χ1) is 4.88. The summed E-state index contributed by atoms with van der Waals surface area (Å²) in [5, 5.41) is 0. The van der Waals surface area contributed by atoms with Gasteiger partial charge in [-0.1, -0.05) is 6.92 Å². The van der Waals surface area contributed by atoms with Crippen LogP contribution >= 0.6 is 11.5 Å². The van der Waals surface area contributed by atoms with Crippen molar-refractivity contribution in [2.75, 3.05) is 0 Å². The number of nitrogens with two attached hydrogens (primary N) is 1. The van der Waals surface area contributed by atoms with E-state index in [1.54, 1.807) is 6.20 Å². The molecule has 0 aliphatic rings. The van der Waals surface area contributed by atoms with E-state index in [4.69, 9.17) is 5.84 Å². The number of aromatic nitrogens is 1. The third kappa shape index (κ3) is 1.53. The van der Waals surface area contributed by atoms with Crippen LogP contribution in [0.15, 0.2) is 12.3 Å². The van der Waals surface area contributed by atoms with Gasteiger partial charge in [0.1, 0.15) is 0 Å². The van der Waals surface area contributed by atoms with Gasteiger partial charge in [-0.05, 0) is 24.0 Å². The molecule has 3 N–H and O–H groups in total. The van der Waals surface area contributed by atoms with Crippen molar-refractivity contribution in [3.63, 3.8) is 0 Å². The van der Waals surface area contributed by atoms with Crippen LogP contribution in [-0.4, -0.2) is 4.37 Å². The fourth-order valence-electron chi connectivity index (χ4n) is 0.807. The van der Waals surface area contributed by atoms with Gasteiger partial charge in [-0.3, -0.25) is 11.3 Å². The van der Waals surface area contributed by atoms with Gasteiger partial charge in [0.15, 0.2) is 0 Å². The van der Waals surface area contributed by atoms with Crippen molar-refractivity contribution in [1.82, 2.24) is 9.80 Å². The Kier molecular flexibility index (Phi) is 2.80. The Hall–Kier alpha value is -0.450. The van der Waals surface area contributed by atoms with Gasteiger partial charge >= 0.3 is 0 Å². The Balaban J connectivity index is 2.64. The molecular formula is C6H11N3S. The van der Waals surface area contributed by atoms with E-state index < -0.39 is 0 Å². The predicted octanol–water partition coefficient (Wildman–Crippen LogP) is 1.06. The summed E-state index contributed by atoms with van der Waals surface area (Å²) in [6.07, 6.45) is 2.79. The lowest BCUT2D eigenvalue weighted by atomic mass is 10.2. The minimum atomic E-state index is 0.271. The Morgan fingerprint density at radius 2 is 2.70 bits per heavy atom. The quantitative estimate of drug-likeness (QED) is 0.509. The molecule has 56 valence electrons. The summed E-state index contributed by atoms with van der Waals surface area (Å²) in [4.78, 5) is 1.20. The number of nitrogens with zero attached hydrogens (tertiary/aromatic N) is 1. The van der Waals surface area contributed by atoms with Crippen molar-refractivity contribution >= 4 is 11.5 Å². The summed E-state index contributed by atoms with van der Waals surface area (Å²) < 4.78 is 3.99. The number of hydrazine groups is 1. The molecule has 10 heavy (non-hydrogen) atoms. The van der Waals surface area contributed by atoms with Crippen LogP contribution in [0.3, 0.4) is 0 Å². The highest BCUT2D eigenvalue weighted by atomic mass is 32.1. The van der Waals surface area contributed by atoms with E-state index in [0.717, 1.165) is 6.42 Å². The normalized spacial score (nSPS) is 13.4. The van der Waals surface area contributed by atoms with E-state index >= 15 is 0 Å². The zero-order valence-electron chi connectivity index (χ0n) is 5.87. The van der Waals surface area contributed by atoms with E-state index in [1.807, 2.05) is 6.07 Å². The molecule has 0 bridgehead atoms. The molecular weight excluding hydrogens is 146 g/mol. The molecule has 1 aromatic heterocycles. The molecule has 0 fully saturated rings. The predicted molar refractivity (Wildman–Crippen MR) is 42.5 cm³/mol. The van der Waals surface area contributed by atoms with E-state index in [9.17, 15) is 0 Å². The van der Waals surface area contributed by atoms with Gasteiger partial charge in [0.25, 0.3) is 0 Å². The average Bonchev–Trinajstić information content (AvgIpc) is 2.43. The molecule has 0 aromatic carbocycles. The van der Waals surface area contributed by atoms with Crippen LogP contribution in [0, 0.1) is 0 Å². The second-order valence-corrected chi connectivity index (χ2v) is 2.91. The van der Waals surface area contributed by atoms with Crippen LogP contribution < -0.4 is 11.3 Å². The standard InChI is InChI=1S/C6H11N3S/c1-2-5(9-7)6-3-4-8-10-6/h3-5,9H,2,7H2,1H3. The molecule has 3 nitrogen and oxygen atoms in total. The second kappa shape index (κ2) is 3.65. The van der Waals surface area contributed by atoms with Crippen LogP contribution in [0.4, 0.5) is 0 Å². The highest BCUT2D eigenvalue weighted by Crippen LogP contribution is 2.17. The Morgan fingerprint density at radius 3 is 3.10 bits per heavy atom. The average molecular weight is 157 g/mol. The summed E-state index contributed by atoms with van der Waals surface area (Å²) in [7, 11) is 0. The minimum absolute atomic E-state index is 0.271. The van der Waals surface area contributed by atoms with Crippen molar-refractivity contribution < 1.29 is 0 Å². The van der Waals surface area contributed by atoms with Crippen molar-refractivity contribution in [3.8, 4) is 0 Å². The van der Waals surface area contributed by atoms with Crippen LogP contribution in [0.1, 0.15) is 24.3 Å². The third-order valence-electron chi connectivity index (χ3n) is 1.41. The maximum Gasteiger partial charge on any atom is 0.0566 e. The van der Waals surface area contributed by atoms with Crippen LogP contribution in [0.5, 0.6) is 0 Å². The van der Waals surface area contributed by atoms with Gasteiger partial charge in [-0.25, -0.2) is 4.37 Å². The third-order valence-corrected chi connectivity index (χ3v) is 2.27. The van der Waals surface area contributed by atoms with Gasteiger partial charge < -0.3 is 0 Å². The highest BCUT2D eigenvalue weighted by Gasteiger charge is 2.06. The van der Waals surface area contributed by atoms with Gasteiger partial charge in [0.2, 0.25) is 0 Å². The molecule has 1 aromatic rings. The lowest BCUT2D eigenvalue weighted by Gasteiger charge is -2.08. The summed E-state index contributed by atoms with van der Waals surface area (Å²) in [6.45, 7) is 2.09. The molecule has 0 saturated carbocycles.